The summed E-state index contributed by atoms with van der Waals surface area (Å²) in [6, 6.07) is 0. The van der Waals surface area contributed by atoms with Crippen LogP contribution in [0.25, 0.3) is 0 Å². The van der Waals surface area contributed by atoms with Crippen molar-refractivity contribution < 1.29 is 20.1 Å². The lowest BCUT2D eigenvalue weighted by Crippen LogP contribution is -2.40. The number of carboxylic acids is 1. The van der Waals surface area contributed by atoms with Gasteiger partial charge in [0.2, 0.25) is 0 Å². The van der Waals surface area contributed by atoms with Crippen LogP contribution in [-0.2, 0) is 4.79 Å². The first-order valence-corrected chi connectivity index (χ1v) is 19.8. The highest BCUT2D eigenvalue weighted by atomic mass is 35.5. The fourth-order valence-electron chi connectivity index (χ4n) is 7.50. The maximum Gasteiger partial charge on any atom is 0.318 e. The van der Waals surface area contributed by atoms with Gasteiger partial charge in [0.1, 0.15) is 5.92 Å². The molecule has 46 heavy (non-hydrogen) atoms. The molecule has 0 aliphatic heterocycles. The summed E-state index contributed by atoms with van der Waals surface area (Å²) >= 11 is 6.63. The topological polar surface area (TPSA) is 77.8 Å². The third kappa shape index (κ3) is 15.7. The van der Waals surface area contributed by atoms with Gasteiger partial charge < -0.3 is 15.3 Å². The maximum absolute atomic E-state index is 11.8. The normalized spacial score (nSPS) is 23.8. The number of hydrogen-bond donors (Lipinski definition) is 3. The van der Waals surface area contributed by atoms with Crippen molar-refractivity contribution in [2.45, 2.75) is 192 Å². The van der Waals surface area contributed by atoms with Gasteiger partial charge in [-0.2, -0.15) is 0 Å². The summed E-state index contributed by atoms with van der Waals surface area (Å²) in [4.78, 5) is 11.8. The highest BCUT2D eigenvalue weighted by Crippen LogP contribution is 2.48. The molecule has 3 N–H and O–H groups in total. The summed E-state index contributed by atoms with van der Waals surface area (Å²) in [7, 11) is 0. The Morgan fingerprint density at radius 2 is 1.48 bits per heavy atom. The predicted molar refractivity (Wildman–Crippen MR) is 195 cm³/mol. The molecule has 5 heteroatoms. The van der Waals surface area contributed by atoms with Crippen LogP contribution in [0.2, 0.25) is 0 Å². The van der Waals surface area contributed by atoms with Crippen molar-refractivity contribution in [3.8, 4) is 11.8 Å². The lowest BCUT2D eigenvalue weighted by molar-refractivity contribution is -0.139. The minimum Gasteiger partial charge on any atom is -0.480 e. The van der Waals surface area contributed by atoms with E-state index >= 15 is 0 Å². The van der Waals surface area contributed by atoms with E-state index in [1.807, 2.05) is 6.08 Å². The van der Waals surface area contributed by atoms with E-state index in [-0.39, 0.29) is 28.7 Å². The van der Waals surface area contributed by atoms with Gasteiger partial charge in [-0.25, -0.2) is 0 Å². The van der Waals surface area contributed by atoms with E-state index < -0.39 is 18.0 Å². The molecular weight excluding hydrogens is 592 g/mol. The molecule has 264 valence electrons. The molecule has 2 saturated carbocycles. The summed E-state index contributed by atoms with van der Waals surface area (Å²) in [5, 5.41) is 30.9. The Morgan fingerprint density at radius 1 is 0.891 bits per heavy atom. The minimum absolute atomic E-state index is 0.0179. The fraction of sp³-hybridized carbons (Fsp3) is 0.829. The van der Waals surface area contributed by atoms with E-state index in [4.69, 9.17) is 11.6 Å². The van der Waals surface area contributed by atoms with E-state index in [2.05, 4.69) is 43.9 Å². The summed E-state index contributed by atoms with van der Waals surface area (Å²) in [5.41, 5.74) is 0.0831. The third-order valence-electron chi connectivity index (χ3n) is 11.0. The molecule has 0 saturated heterocycles. The molecule has 0 spiro atoms. The lowest BCUT2D eigenvalue weighted by Gasteiger charge is -2.45. The lowest BCUT2D eigenvalue weighted by atomic mass is 9.63. The van der Waals surface area contributed by atoms with E-state index in [1.165, 1.54) is 96.3 Å². The minimum atomic E-state index is -0.837. The average molecular weight is 661 g/mol. The van der Waals surface area contributed by atoms with Crippen molar-refractivity contribution in [1.29, 1.82) is 0 Å². The van der Waals surface area contributed by atoms with Crippen molar-refractivity contribution in [2.24, 2.45) is 23.2 Å². The number of alkyl halides is 1. The quantitative estimate of drug-likeness (QED) is 0.0373. The monoisotopic (exact) mass is 660 g/mol. The van der Waals surface area contributed by atoms with Crippen LogP contribution in [0.4, 0.5) is 0 Å². The molecule has 2 aliphatic carbocycles. The Kier molecular flexibility index (Phi) is 22.0. The second kappa shape index (κ2) is 24.8. The average Bonchev–Trinajstić information content (AvgIpc) is 3.28. The predicted octanol–water partition coefficient (Wildman–Crippen LogP) is 11.2. The molecule has 0 aromatic rings. The van der Waals surface area contributed by atoms with Gasteiger partial charge in [0, 0.05) is 17.7 Å². The first kappa shape index (κ1) is 40.9. The second-order valence-corrected chi connectivity index (χ2v) is 15.1. The van der Waals surface area contributed by atoms with Gasteiger partial charge in [0.15, 0.2) is 0 Å². The largest absolute Gasteiger partial charge is 0.480 e. The Bertz CT molecular complexity index is 908. The fourth-order valence-corrected chi connectivity index (χ4v) is 7.96. The summed E-state index contributed by atoms with van der Waals surface area (Å²) in [6.07, 6.45) is 35.9. The van der Waals surface area contributed by atoms with Crippen LogP contribution < -0.4 is 0 Å². The molecule has 0 amide bonds. The number of aliphatic hydroxyl groups is 2. The van der Waals surface area contributed by atoms with Gasteiger partial charge in [-0.05, 0) is 69.1 Å². The number of rotatable bonds is 26. The molecule has 0 bridgehead atoms. The highest BCUT2D eigenvalue weighted by molar-refractivity contribution is 6.21. The number of carboxylic acid groups (broad SMARTS) is 1. The van der Waals surface area contributed by atoms with Crippen LogP contribution in [0, 0.1) is 35.0 Å². The molecule has 2 rings (SSSR count). The van der Waals surface area contributed by atoms with Gasteiger partial charge in [0.05, 0.1) is 12.2 Å². The van der Waals surface area contributed by atoms with Crippen molar-refractivity contribution in [3.05, 3.63) is 24.3 Å². The Labute approximate surface area is 288 Å². The highest BCUT2D eigenvalue weighted by Gasteiger charge is 2.42. The van der Waals surface area contributed by atoms with Crippen LogP contribution in [0.15, 0.2) is 24.3 Å². The van der Waals surface area contributed by atoms with Crippen molar-refractivity contribution in [2.75, 3.05) is 0 Å². The van der Waals surface area contributed by atoms with E-state index in [0.29, 0.717) is 25.7 Å². The molecule has 6 atom stereocenters. The number of aliphatic hydroxyl groups excluding tert-OH is 2. The molecule has 0 radical (unpaired) electrons. The van der Waals surface area contributed by atoms with Crippen molar-refractivity contribution in [3.63, 3.8) is 0 Å². The molecule has 2 fully saturated rings. The molecule has 2 aliphatic rings. The van der Waals surface area contributed by atoms with Crippen LogP contribution in [0.5, 0.6) is 0 Å². The first-order valence-electron chi connectivity index (χ1n) is 19.4. The third-order valence-corrected chi connectivity index (χ3v) is 11.5. The maximum atomic E-state index is 11.8. The first-order chi connectivity index (χ1) is 22.3. The molecule has 4 nitrogen and oxygen atoms in total. The number of unbranched alkanes of at least 4 members (excludes halogenated alkanes) is 15. The summed E-state index contributed by atoms with van der Waals surface area (Å²) in [6.45, 7) is 4.44. The standard InChI is InChI=1S/C41H69ClO4/c1-3-5-6-7-8-9-10-11-12-13-14-15-16-17-18-19-21-26-34(40(45)46)27-22-20-23-28-35-36(38(43)33-37(35)42)29-24-30-39(44)41(4-2)31-25-32-41/h20,23-24,29,34-39,43-44H,3-19,22,25,27-28,30-33H2,1-2H3,(H,45,46)/b23-20-,29-24+/t34?,35-,36+,37+,38-,39+/m1/s1. The number of aliphatic carboxylic acids is 1. The van der Waals surface area contributed by atoms with E-state index in [1.54, 1.807) is 0 Å². The Hall–Kier alpha value is -1.28. The van der Waals surface area contributed by atoms with E-state index in [0.717, 1.165) is 38.5 Å². The summed E-state index contributed by atoms with van der Waals surface area (Å²) in [5.74, 6) is 4.80. The molecular formula is C41H69ClO4. The second-order valence-electron chi connectivity index (χ2n) is 14.5. The summed E-state index contributed by atoms with van der Waals surface area (Å²) < 4.78 is 0. The molecule has 1 unspecified atom stereocenters. The molecule has 0 aromatic heterocycles. The van der Waals surface area contributed by atoms with Gasteiger partial charge in [-0.1, -0.05) is 140 Å². The van der Waals surface area contributed by atoms with Gasteiger partial charge in [-0.3, -0.25) is 4.79 Å². The number of allylic oxidation sites excluding steroid dienone is 2. The molecule has 0 heterocycles. The van der Waals surface area contributed by atoms with Gasteiger partial charge in [-0.15, -0.1) is 17.5 Å². The number of carbonyl (C=O) groups is 1. The van der Waals surface area contributed by atoms with Gasteiger partial charge >= 0.3 is 5.97 Å². The SMILES string of the molecule is CCCCCCCCCCCCCCCCCC#CC(CC/C=C\C[C@@H]1[C@H](/C=C/C[C@H](O)C2(CC)CCC2)[C@H](O)C[C@@H]1Cl)C(=O)O. The number of halogens is 1. The zero-order chi connectivity index (χ0) is 33.5. The van der Waals surface area contributed by atoms with Crippen LogP contribution in [0.3, 0.4) is 0 Å². The van der Waals surface area contributed by atoms with Crippen molar-refractivity contribution >= 4 is 17.6 Å². The van der Waals surface area contributed by atoms with Crippen LogP contribution in [-0.4, -0.2) is 38.9 Å². The van der Waals surface area contributed by atoms with E-state index in [9.17, 15) is 20.1 Å². The Morgan fingerprint density at radius 3 is 2.00 bits per heavy atom. The number of hydrogen-bond acceptors (Lipinski definition) is 3. The molecule has 0 aromatic carbocycles. The van der Waals surface area contributed by atoms with Crippen molar-refractivity contribution in [1.82, 2.24) is 0 Å². The zero-order valence-corrected chi connectivity index (χ0v) is 30.3. The van der Waals surface area contributed by atoms with Crippen LogP contribution in [0.1, 0.15) is 174 Å². The van der Waals surface area contributed by atoms with Gasteiger partial charge in [0.25, 0.3) is 0 Å². The van der Waals surface area contributed by atoms with Crippen LogP contribution >= 0.6 is 11.6 Å². The zero-order valence-electron chi connectivity index (χ0n) is 29.6. The Balaban J connectivity index is 1.57. The smallest absolute Gasteiger partial charge is 0.318 e.